The van der Waals surface area contributed by atoms with Gasteiger partial charge in [0.15, 0.2) is 6.10 Å². The summed E-state index contributed by atoms with van der Waals surface area (Å²) in [6.45, 7) is -1.33. The van der Waals surface area contributed by atoms with Crippen molar-refractivity contribution in [1.29, 1.82) is 0 Å². The summed E-state index contributed by atoms with van der Waals surface area (Å²) in [6, 6.07) is 8.08. The van der Waals surface area contributed by atoms with Crippen LogP contribution in [0.3, 0.4) is 0 Å². The van der Waals surface area contributed by atoms with Crippen molar-refractivity contribution in [3.63, 3.8) is 0 Å². The van der Waals surface area contributed by atoms with Gasteiger partial charge < -0.3 is 15.3 Å². The summed E-state index contributed by atoms with van der Waals surface area (Å²) in [5.41, 5.74) is 0.336. The predicted octanol–water partition coefficient (Wildman–Crippen LogP) is 0.798. The SMILES string of the molecule is CN(CC(O)C(F)(F)F)C(=O)CNC(=O)c1ccccc1. The fourth-order valence-electron chi connectivity index (χ4n) is 1.45. The molecule has 1 aromatic carbocycles. The highest BCUT2D eigenvalue weighted by molar-refractivity contribution is 5.96. The zero-order valence-corrected chi connectivity index (χ0v) is 11.2. The molecule has 0 saturated carbocycles. The monoisotopic (exact) mass is 304 g/mol. The van der Waals surface area contributed by atoms with Gasteiger partial charge in [-0.2, -0.15) is 13.2 Å². The second-order valence-corrected chi connectivity index (χ2v) is 4.38. The van der Waals surface area contributed by atoms with Crippen molar-refractivity contribution in [3.8, 4) is 0 Å². The first-order valence-electron chi connectivity index (χ1n) is 6.04. The second kappa shape index (κ2) is 7.07. The normalized spacial score (nSPS) is 12.6. The van der Waals surface area contributed by atoms with Gasteiger partial charge in [-0.1, -0.05) is 18.2 Å². The molecule has 0 aromatic heterocycles. The molecule has 0 aliphatic heterocycles. The first kappa shape index (κ1) is 17.0. The lowest BCUT2D eigenvalue weighted by Gasteiger charge is -2.22. The number of aliphatic hydroxyl groups excluding tert-OH is 1. The standard InChI is InChI=1S/C13H15F3N2O3/c1-18(8-10(19)13(14,15)16)11(20)7-17-12(21)9-5-3-2-4-6-9/h2-6,10,19H,7-8H2,1H3,(H,17,21). The van der Waals surface area contributed by atoms with E-state index in [4.69, 9.17) is 5.11 Å². The number of alkyl halides is 3. The number of likely N-dealkylation sites (N-methyl/N-ethyl adjacent to an activating group) is 1. The average Bonchev–Trinajstić information content (AvgIpc) is 2.44. The summed E-state index contributed by atoms with van der Waals surface area (Å²) in [5.74, 6) is -1.24. The van der Waals surface area contributed by atoms with Gasteiger partial charge in [0.1, 0.15) is 0 Å². The maximum Gasteiger partial charge on any atom is 0.416 e. The predicted molar refractivity (Wildman–Crippen MR) is 68.5 cm³/mol. The highest BCUT2D eigenvalue weighted by Crippen LogP contribution is 2.20. The van der Waals surface area contributed by atoms with Crippen LogP contribution < -0.4 is 5.32 Å². The van der Waals surface area contributed by atoms with Crippen LogP contribution in [0.4, 0.5) is 13.2 Å². The molecule has 0 heterocycles. The number of benzene rings is 1. The van der Waals surface area contributed by atoms with E-state index in [2.05, 4.69) is 5.32 Å². The minimum absolute atomic E-state index is 0.336. The minimum Gasteiger partial charge on any atom is -0.382 e. The van der Waals surface area contributed by atoms with E-state index in [0.717, 1.165) is 7.05 Å². The van der Waals surface area contributed by atoms with Crippen molar-refractivity contribution in [1.82, 2.24) is 10.2 Å². The van der Waals surface area contributed by atoms with Crippen LogP contribution in [0.2, 0.25) is 0 Å². The van der Waals surface area contributed by atoms with Crippen LogP contribution in [0.15, 0.2) is 30.3 Å². The maximum absolute atomic E-state index is 12.2. The van der Waals surface area contributed by atoms with Gasteiger partial charge in [-0.05, 0) is 12.1 Å². The van der Waals surface area contributed by atoms with E-state index in [0.29, 0.717) is 10.5 Å². The highest BCUT2D eigenvalue weighted by atomic mass is 19.4. The summed E-state index contributed by atoms with van der Waals surface area (Å²) in [4.78, 5) is 23.9. The molecule has 0 aliphatic rings. The van der Waals surface area contributed by atoms with Gasteiger partial charge in [0.25, 0.3) is 5.91 Å². The Balaban J connectivity index is 2.45. The average molecular weight is 304 g/mol. The van der Waals surface area contributed by atoms with Gasteiger partial charge in [-0.3, -0.25) is 9.59 Å². The van der Waals surface area contributed by atoms with E-state index in [1.54, 1.807) is 18.2 Å². The maximum atomic E-state index is 12.2. The number of aliphatic hydroxyl groups is 1. The number of nitrogens with one attached hydrogen (secondary N) is 1. The Morgan fingerprint density at radius 2 is 1.86 bits per heavy atom. The number of nitrogens with zero attached hydrogens (tertiary/aromatic N) is 1. The van der Waals surface area contributed by atoms with E-state index in [1.165, 1.54) is 12.1 Å². The minimum atomic E-state index is -4.79. The molecule has 116 valence electrons. The molecule has 0 radical (unpaired) electrons. The van der Waals surface area contributed by atoms with Gasteiger partial charge in [-0.15, -0.1) is 0 Å². The summed E-state index contributed by atoms with van der Waals surface area (Å²) < 4.78 is 36.5. The summed E-state index contributed by atoms with van der Waals surface area (Å²) in [6.07, 6.45) is -7.40. The van der Waals surface area contributed by atoms with Crippen LogP contribution in [0, 0.1) is 0 Å². The van der Waals surface area contributed by atoms with Crippen LogP contribution in [-0.4, -0.2) is 54.2 Å². The molecule has 21 heavy (non-hydrogen) atoms. The quantitative estimate of drug-likeness (QED) is 0.845. The van der Waals surface area contributed by atoms with E-state index in [9.17, 15) is 22.8 Å². The zero-order chi connectivity index (χ0) is 16.0. The van der Waals surface area contributed by atoms with Crippen molar-refractivity contribution in [2.45, 2.75) is 12.3 Å². The molecule has 0 bridgehead atoms. The molecule has 0 spiro atoms. The number of rotatable bonds is 5. The Morgan fingerprint density at radius 1 is 1.29 bits per heavy atom. The van der Waals surface area contributed by atoms with E-state index >= 15 is 0 Å². The zero-order valence-electron chi connectivity index (χ0n) is 11.2. The molecule has 2 amide bonds. The molecule has 2 N–H and O–H groups in total. The van der Waals surface area contributed by atoms with Gasteiger partial charge in [0.05, 0.1) is 13.1 Å². The Morgan fingerprint density at radius 3 is 2.38 bits per heavy atom. The van der Waals surface area contributed by atoms with Crippen LogP contribution in [0.5, 0.6) is 0 Å². The van der Waals surface area contributed by atoms with E-state index in [-0.39, 0.29) is 0 Å². The molecule has 0 fully saturated rings. The van der Waals surface area contributed by atoms with Crippen molar-refractivity contribution >= 4 is 11.8 Å². The van der Waals surface area contributed by atoms with Crippen LogP contribution in [0.1, 0.15) is 10.4 Å². The molecule has 0 aliphatic carbocycles. The molecule has 8 heteroatoms. The number of hydrogen-bond acceptors (Lipinski definition) is 3. The summed E-state index contributed by atoms with van der Waals surface area (Å²) >= 11 is 0. The van der Waals surface area contributed by atoms with Gasteiger partial charge >= 0.3 is 6.18 Å². The van der Waals surface area contributed by atoms with Gasteiger partial charge in [0.2, 0.25) is 5.91 Å². The van der Waals surface area contributed by atoms with Gasteiger partial charge in [-0.25, -0.2) is 0 Å². The molecular formula is C13H15F3N2O3. The Hall–Kier alpha value is -2.09. The molecular weight excluding hydrogens is 289 g/mol. The third-order valence-corrected chi connectivity index (χ3v) is 2.69. The van der Waals surface area contributed by atoms with Crippen LogP contribution >= 0.6 is 0 Å². The number of carbonyl (C=O) groups excluding carboxylic acids is 2. The summed E-state index contributed by atoms with van der Waals surface area (Å²) in [5, 5.41) is 11.2. The Kier molecular flexibility index (Phi) is 5.71. The first-order valence-corrected chi connectivity index (χ1v) is 6.04. The van der Waals surface area contributed by atoms with Crippen LogP contribution in [-0.2, 0) is 4.79 Å². The molecule has 1 aromatic rings. The number of carbonyl (C=O) groups is 2. The molecule has 1 atom stereocenters. The van der Waals surface area contributed by atoms with E-state index in [1.807, 2.05) is 0 Å². The number of hydrogen-bond donors (Lipinski definition) is 2. The topological polar surface area (TPSA) is 69.6 Å². The number of amides is 2. The highest BCUT2D eigenvalue weighted by Gasteiger charge is 2.39. The smallest absolute Gasteiger partial charge is 0.382 e. The molecule has 0 saturated heterocycles. The van der Waals surface area contributed by atoms with Crippen molar-refractivity contribution in [2.75, 3.05) is 20.1 Å². The largest absolute Gasteiger partial charge is 0.416 e. The lowest BCUT2D eigenvalue weighted by atomic mass is 10.2. The van der Waals surface area contributed by atoms with Crippen molar-refractivity contribution in [2.24, 2.45) is 0 Å². The van der Waals surface area contributed by atoms with Gasteiger partial charge in [0, 0.05) is 12.6 Å². The Labute approximate surface area is 119 Å². The third kappa shape index (κ3) is 5.42. The fraction of sp³-hybridized carbons (Fsp3) is 0.385. The van der Waals surface area contributed by atoms with Crippen molar-refractivity contribution < 1.29 is 27.9 Å². The van der Waals surface area contributed by atoms with E-state index < -0.39 is 37.2 Å². The lowest BCUT2D eigenvalue weighted by molar-refractivity contribution is -0.207. The first-order chi connectivity index (χ1) is 9.71. The third-order valence-electron chi connectivity index (χ3n) is 2.69. The fourth-order valence-corrected chi connectivity index (χ4v) is 1.45. The van der Waals surface area contributed by atoms with Crippen LogP contribution in [0.25, 0.3) is 0 Å². The second-order valence-electron chi connectivity index (χ2n) is 4.38. The number of halogens is 3. The lowest BCUT2D eigenvalue weighted by Crippen LogP contribution is -2.45. The summed E-state index contributed by atoms with van der Waals surface area (Å²) in [7, 11) is 1.12. The Bertz CT molecular complexity index is 491. The van der Waals surface area contributed by atoms with Crippen molar-refractivity contribution in [3.05, 3.63) is 35.9 Å². The molecule has 1 rings (SSSR count). The molecule has 5 nitrogen and oxygen atoms in total. The molecule has 1 unspecified atom stereocenters.